The molecule has 1 aromatic carbocycles. The van der Waals surface area contributed by atoms with Crippen molar-refractivity contribution in [3.05, 3.63) is 58.9 Å². The minimum absolute atomic E-state index is 0.184. The van der Waals surface area contributed by atoms with Crippen LogP contribution < -0.4 is 4.74 Å². The normalized spacial score (nSPS) is 20.5. The van der Waals surface area contributed by atoms with Crippen LogP contribution in [-0.4, -0.2) is 65.3 Å². The molecule has 5 nitrogen and oxygen atoms in total. The van der Waals surface area contributed by atoms with Crippen LogP contribution in [0.25, 0.3) is 0 Å². The van der Waals surface area contributed by atoms with Gasteiger partial charge in [-0.1, -0.05) is 23.7 Å². The SMILES string of the molecule is CCOc1ccc(CN2CC[C@H](N(C)CCc3ccccn3)[C@@H](O)C2)cc1Cl. The zero-order valence-corrected chi connectivity index (χ0v) is 17.5. The molecule has 1 fully saturated rings. The Balaban J connectivity index is 1.49. The summed E-state index contributed by atoms with van der Waals surface area (Å²) in [5, 5.41) is 11.4. The summed E-state index contributed by atoms with van der Waals surface area (Å²) in [6.45, 7) is 5.86. The van der Waals surface area contributed by atoms with Crippen molar-refractivity contribution in [1.82, 2.24) is 14.8 Å². The van der Waals surface area contributed by atoms with Gasteiger partial charge in [-0.25, -0.2) is 0 Å². The average Bonchev–Trinajstić information content (AvgIpc) is 2.69. The van der Waals surface area contributed by atoms with Gasteiger partial charge < -0.3 is 14.7 Å². The van der Waals surface area contributed by atoms with Crippen LogP contribution in [0.2, 0.25) is 5.02 Å². The number of nitrogens with zero attached hydrogens (tertiary/aromatic N) is 3. The van der Waals surface area contributed by atoms with E-state index >= 15 is 0 Å². The lowest BCUT2D eigenvalue weighted by molar-refractivity contribution is -0.00619. The highest BCUT2D eigenvalue weighted by Gasteiger charge is 2.30. The first-order chi connectivity index (χ1) is 13.6. The summed E-state index contributed by atoms with van der Waals surface area (Å²) in [5.74, 6) is 0.723. The Labute approximate surface area is 172 Å². The number of β-amino-alcohol motifs (C(OH)–C–C–N with tert-alkyl or cyclic N) is 1. The first kappa shape index (κ1) is 21.1. The van der Waals surface area contributed by atoms with E-state index in [-0.39, 0.29) is 12.1 Å². The number of ether oxygens (including phenoxy) is 1. The zero-order chi connectivity index (χ0) is 19.9. The van der Waals surface area contributed by atoms with Crippen molar-refractivity contribution < 1.29 is 9.84 Å². The van der Waals surface area contributed by atoms with Crippen LogP contribution in [0.3, 0.4) is 0 Å². The molecule has 0 amide bonds. The fourth-order valence-corrected chi connectivity index (χ4v) is 4.08. The standard InChI is InChI=1S/C22H30ClN3O2/c1-3-28-22-8-7-17(14-19(22)23)15-26-13-10-20(21(27)16-26)25(2)12-9-18-6-4-5-11-24-18/h4-8,11,14,20-21,27H,3,9-10,12-13,15-16H2,1-2H3/t20-,21-/m0/s1. The second-order valence-corrected chi connectivity index (χ2v) is 7.82. The van der Waals surface area contributed by atoms with E-state index in [9.17, 15) is 5.11 Å². The smallest absolute Gasteiger partial charge is 0.137 e. The number of piperidine rings is 1. The van der Waals surface area contributed by atoms with Gasteiger partial charge in [0.2, 0.25) is 0 Å². The van der Waals surface area contributed by atoms with Crippen LogP contribution in [0.15, 0.2) is 42.6 Å². The van der Waals surface area contributed by atoms with Gasteiger partial charge in [0.15, 0.2) is 0 Å². The lowest BCUT2D eigenvalue weighted by atomic mass is 9.99. The third-order valence-corrected chi connectivity index (χ3v) is 5.64. The first-order valence-electron chi connectivity index (χ1n) is 9.98. The quantitative estimate of drug-likeness (QED) is 0.733. The topological polar surface area (TPSA) is 48.8 Å². The van der Waals surface area contributed by atoms with Crippen LogP contribution in [0.5, 0.6) is 5.75 Å². The Morgan fingerprint density at radius 1 is 1.32 bits per heavy atom. The molecule has 0 bridgehead atoms. The molecule has 2 aromatic rings. The van der Waals surface area contributed by atoms with Gasteiger partial charge in [-0.3, -0.25) is 9.88 Å². The summed E-state index contributed by atoms with van der Waals surface area (Å²) in [5.41, 5.74) is 2.23. The van der Waals surface area contributed by atoms with Crippen molar-refractivity contribution in [3.63, 3.8) is 0 Å². The molecule has 2 heterocycles. The molecule has 1 N–H and O–H groups in total. The molecule has 152 valence electrons. The predicted octanol–water partition coefficient (Wildman–Crippen LogP) is 3.24. The maximum atomic E-state index is 10.7. The highest BCUT2D eigenvalue weighted by Crippen LogP contribution is 2.27. The number of aliphatic hydroxyl groups is 1. The monoisotopic (exact) mass is 403 g/mol. The number of rotatable bonds is 8. The maximum absolute atomic E-state index is 10.7. The van der Waals surface area contributed by atoms with Gasteiger partial charge in [0.1, 0.15) is 5.75 Å². The van der Waals surface area contributed by atoms with Crippen LogP contribution in [0.1, 0.15) is 24.6 Å². The van der Waals surface area contributed by atoms with Crippen LogP contribution >= 0.6 is 11.6 Å². The molecule has 1 aromatic heterocycles. The molecular formula is C22H30ClN3O2. The molecule has 6 heteroatoms. The minimum atomic E-state index is -0.361. The second-order valence-electron chi connectivity index (χ2n) is 7.41. The van der Waals surface area contributed by atoms with E-state index in [1.54, 1.807) is 0 Å². The predicted molar refractivity (Wildman–Crippen MR) is 113 cm³/mol. The van der Waals surface area contributed by atoms with E-state index in [4.69, 9.17) is 16.3 Å². The number of aromatic nitrogens is 1. The molecule has 28 heavy (non-hydrogen) atoms. The van der Waals surface area contributed by atoms with Crippen molar-refractivity contribution in [2.24, 2.45) is 0 Å². The molecule has 1 aliphatic rings. The summed E-state index contributed by atoms with van der Waals surface area (Å²) in [6.07, 6.45) is 3.32. The number of aliphatic hydroxyl groups excluding tert-OH is 1. The number of likely N-dealkylation sites (N-methyl/N-ethyl adjacent to an activating group) is 1. The van der Waals surface area contributed by atoms with Crippen LogP contribution in [0.4, 0.5) is 0 Å². The molecule has 0 spiro atoms. The fourth-order valence-electron chi connectivity index (χ4n) is 3.82. The third kappa shape index (κ3) is 5.67. The van der Waals surface area contributed by atoms with E-state index in [1.165, 1.54) is 0 Å². The molecule has 2 atom stereocenters. The first-order valence-corrected chi connectivity index (χ1v) is 10.4. The van der Waals surface area contributed by atoms with E-state index in [0.29, 0.717) is 18.2 Å². The molecule has 0 unspecified atom stereocenters. The lowest BCUT2D eigenvalue weighted by Crippen LogP contribution is -2.53. The minimum Gasteiger partial charge on any atom is -0.492 e. The molecule has 0 radical (unpaired) electrons. The Bertz CT molecular complexity index is 744. The highest BCUT2D eigenvalue weighted by atomic mass is 35.5. The third-order valence-electron chi connectivity index (χ3n) is 5.35. The zero-order valence-electron chi connectivity index (χ0n) is 16.7. The van der Waals surface area contributed by atoms with Gasteiger partial charge in [-0.05, 0) is 50.2 Å². The van der Waals surface area contributed by atoms with E-state index in [0.717, 1.165) is 49.5 Å². The van der Waals surface area contributed by atoms with Gasteiger partial charge in [-0.15, -0.1) is 0 Å². The van der Waals surface area contributed by atoms with Crippen molar-refractivity contribution >= 4 is 11.6 Å². The van der Waals surface area contributed by atoms with Gasteiger partial charge in [-0.2, -0.15) is 0 Å². The molecule has 3 rings (SSSR count). The summed E-state index contributed by atoms with van der Waals surface area (Å²) >= 11 is 6.30. The van der Waals surface area contributed by atoms with Crippen molar-refractivity contribution in [2.45, 2.75) is 38.5 Å². The maximum Gasteiger partial charge on any atom is 0.137 e. The molecule has 0 aliphatic carbocycles. The Kier molecular flexibility index (Phi) is 7.68. The summed E-state index contributed by atoms with van der Waals surface area (Å²) in [7, 11) is 2.10. The second kappa shape index (κ2) is 10.2. The van der Waals surface area contributed by atoms with E-state index in [1.807, 2.05) is 43.5 Å². The lowest BCUT2D eigenvalue weighted by Gasteiger charge is -2.40. The summed E-state index contributed by atoms with van der Waals surface area (Å²) in [4.78, 5) is 8.94. The van der Waals surface area contributed by atoms with Gasteiger partial charge >= 0.3 is 0 Å². The van der Waals surface area contributed by atoms with Crippen molar-refractivity contribution in [3.8, 4) is 5.75 Å². The number of hydrogen-bond acceptors (Lipinski definition) is 5. The van der Waals surface area contributed by atoms with Crippen molar-refractivity contribution in [1.29, 1.82) is 0 Å². The number of benzene rings is 1. The molecule has 1 saturated heterocycles. The Hall–Kier alpha value is -1.66. The van der Waals surface area contributed by atoms with Crippen LogP contribution in [0, 0.1) is 0 Å². The highest BCUT2D eigenvalue weighted by molar-refractivity contribution is 6.32. The average molecular weight is 404 g/mol. The molecule has 0 saturated carbocycles. The van der Waals surface area contributed by atoms with Crippen LogP contribution in [-0.2, 0) is 13.0 Å². The Morgan fingerprint density at radius 2 is 2.18 bits per heavy atom. The molecule has 1 aliphatic heterocycles. The summed E-state index contributed by atoms with van der Waals surface area (Å²) < 4.78 is 5.50. The van der Waals surface area contributed by atoms with E-state index in [2.05, 4.69) is 27.9 Å². The number of hydrogen-bond donors (Lipinski definition) is 1. The van der Waals surface area contributed by atoms with E-state index < -0.39 is 0 Å². The number of pyridine rings is 1. The van der Waals surface area contributed by atoms with Crippen molar-refractivity contribution in [2.75, 3.05) is 33.3 Å². The molecular weight excluding hydrogens is 374 g/mol. The van der Waals surface area contributed by atoms with Gasteiger partial charge in [0.25, 0.3) is 0 Å². The fraction of sp³-hybridized carbons (Fsp3) is 0.500. The largest absolute Gasteiger partial charge is 0.492 e. The number of halogens is 1. The van der Waals surface area contributed by atoms with Gasteiger partial charge in [0, 0.05) is 50.5 Å². The number of likely N-dealkylation sites (tertiary alicyclic amines) is 1. The summed E-state index contributed by atoms with van der Waals surface area (Å²) in [6, 6.07) is 12.1. The van der Waals surface area contributed by atoms with Gasteiger partial charge in [0.05, 0.1) is 17.7 Å². The Morgan fingerprint density at radius 3 is 2.86 bits per heavy atom.